The van der Waals surface area contributed by atoms with Gasteiger partial charge in [0.15, 0.2) is 6.29 Å². The van der Waals surface area contributed by atoms with Gasteiger partial charge in [0.2, 0.25) is 6.29 Å². The second-order valence-electron chi connectivity index (χ2n) is 19.4. The van der Waals surface area contributed by atoms with E-state index in [1.165, 1.54) is 0 Å². The van der Waals surface area contributed by atoms with Crippen molar-refractivity contribution in [1.29, 1.82) is 0 Å². The minimum Gasteiger partial charge on any atom is -0.432 e. The van der Waals surface area contributed by atoms with Gasteiger partial charge in [-0.2, -0.15) is 0 Å². The Morgan fingerprint density at radius 3 is 2.21 bits per heavy atom. The summed E-state index contributed by atoms with van der Waals surface area (Å²) in [6, 6.07) is 0. The number of hydrogen-bond donors (Lipinski definition) is 8. The molecule has 18 unspecified atom stereocenters. The monoisotopic (exact) mass is 752 g/mol. The SMILES string of the molecule is CC1(O)CCCC2(C(=O)OC3OC(CO)C(O)C(O)C3O)CCC3(C)C(=CCC4C5(C)CCC(OC6OCC(O)C(O)C6O)C(C)(C)C5CCC43C)C12. The molecule has 0 radical (unpaired) electrons. The maximum Gasteiger partial charge on any atom is 0.315 e. The summed E-state index contributed by atoms with van der Waals surface area (Å²) in [5.41, 5.74) is -2.05. The highest BCUT2D eigenvalue weighted by atomic mass is 16.7. The smallest absolute Gasteiger partial charge is 0.315 e. The lowest BCUT2D eigenvalue weighted by atomic mass is 9.33. The van der Waals surface area contributed by atoms with Crippen molar-refractivity contribution in [1.82, 2.24) is 0 Å². The minimum atomic E-state index is -1.71. The molecule has 0 aromatic heterocycles. The Balaban J connectivity index is 1.17. The molecule has 8 N–H and O–H groups in total. The van der Waals surface area contributed by atoms with Gasteiger partial charge in [-0.15, -0.1) is 0 Å². The van der Waals surface area contributed by atoms with Gasteiger partial charge >= 0.3 is 5.97 Å². The summed E-state index contributed by atoms with van der Waals surface area (Å²) < 4.78 is 23.6. The minimum absolute atomic E-state index is 0.0607. The molecule has 2 heterocycles. The molecule has 13 nitrogen and oxygen atoms in total. The first-order valence-electron chi connectivity index (χ1n) is 20.0. The molecule has 5 aliphatic carbocycles. The van der Waals surface area contributed by atoms with E-state index in [1.807, 2.05) is 6.92 Å². The molecule has 0 spiro atoms. The van der Waals surface area contributed by atoms with Crippen LogP contribution in [0.1, 0.15) is 106 Å². The molecule has 302 valence electrons. The molecule has 4 saturated carbocycles. The second-order valence-corrected chi connectivity index (χ2v) is 19.4. The second kappa shape index (κ2) is 13.4. The third-order valence-corrected chi connectivity index (χ3v) is 16.6. The summed E-state index contributed by atoms with van der Waals surface area (Å²) in [5, 5.41) is 84.4. The lowest BCUT2D eigenvalue weighted by molar-refractivity contribution is -0.308. The predicted molar refractivity (Wildman–Crippen MR) is 188 cm³/mol. The number of fused-ring (bicyclic) bond motifs is 7. The van der Waals surface area contributed by atoms with E-state index >= 15 is 0 Å². The molecule has 0 aromatic carbocycles. The number of rotatable bonds is 5. The number of allylic oxidation sites excluding steroid dienone is 1. The van der Waals surface area contributed by atoms with E-state index in [-0.39, 0.29) is 40.3 Å². The van der Waals surface area contributed by atoms with Crippen LogP contribution in [-0.4, -0.2) is 127 Å². The molecule has 18 atom stereocenters. The van der Waals surface area contributed by atoms with E-state index in [4.69, 9.17) is 18.9 Å². The average Bonchev–Trinajstić information content (AvgIpc) is 3.09. The van der Waals surface area contributed by atoms with Crippen LogP contribution in [0.5, 0.6) is 0 Å². The van der Waals surface area contributed by atoms with Gasteiger partial charge in [0, 0.05) is 5.92 Å². The van der Waals surface area contributed by atoms with Gasteiger partial charge in [-0.1, -0.05) is 46.3 Å². The average molecular weight is 753 g/mol. The van der Waals surface area contributed by atoms with Crippen molar-refractivity contribution in [3.05, 3.63) is 11.6 Å². The van der Waals surface area contributed by atoms with Crippen LogP contribution < -0.4 is 0 Å². The standard InChI is InChI=1S/C40H64O13/c1-35(2)23-10-15-38(5)24(36(23,3)14-11-25(35)52-32-29(46)26(43)21(42)19-50-32)9-8-20-31-39(6,49)12-7-13-40(31,17-16-37(20,38)4)34(48)53-33-30(47)28(45)27(44)22(18-41)51-33/h8,21-33,41-47,49H,7,9-19H2,1-6H3. The maximum absolute atomic E-state index is 14.5. The van der Waals surface area contributed by atoms with Gasteiger partial charge in [-0.3, -0.25) is 4.79 Å². The zero-order valence-corrected chi connectivity index (χ0v) is 32.2. The Bertz CT molecular complexity index is 1430. The van der Waals surface area contributed by atoms with E-state index in [0.29, 0.717) is 38.0 Å². The fraction of sp³-hybridized carbons (Fsp3) is 0.925. The predicted octanol–water partition coefficient (Wildman–Crippen LogP) is 1.68. The molecule has 53 heavy (non-hydrogen) atoms. The van der Waals surface area contributed by atoms with Crippen molar-refractivity contribution < 1.29 is 64.6 Å². The fourth-order valence-corrected chi connectivity index (χ4v) is 13.4. The summed E-state index contributed by atoms with van der Waals surface area (Å²) in [4.78, 5) is 14.5. The van der Waals surface area contributed by atoms with E-state index in [0.717, 1.165) is 37.7 Å². The zero-order chi connectivity index (χ0) is 38.7. The summed E-state index contributed by atoms with van der Waals surface area (Å²) in [7, 11) is 0. The molecule has 13 heteroatoms. The fourth-order valence-electron chi connectivity index (χ4n) is 13.4. The third kappa shape index (κ3) is 5.76. The number of ether oxygens (including phenoxy) is 4. The summed E-state index contributed by atoms with van der Waals surface area (Å²) in [6.45, 7) is 12.7. The number of hydrogen-bond acceptors (Lipinski definition) is 13. The zero-order valence-electron chi connectivity index (χ0n) is 32.2. The van der Waals surface area contributed by atoms with Crippen LogP contribution in [0.3, 0.4) is 0 Å². The van der Waals surface area contributed by atoms with Crippen molar-refractivity contribution in [3.63, 3.8) is 0 Å². The molecular formula is C40H64O13. The van der Waals surface area contributed by atoms with Gasteiger partial charge < -0.3 is 59.8 Å². The Morgan fingerprint density at radius 1 is 0.811 bits per heavy atom. The lowest BCUT2D eigenvalue weighted by Crippen LogP contribution is -2.67. The van der Waals surface area contributed by atoms with E-state index in [9.17, 15) is 45.6 Å². The van der Waals surface area contributed by atoms with Crippen molar-refractivity contribution >= 4 is 5.97 Å². The van der Waals surface area contributed by atoms with Crippen molar-refractivity contribution in [3.8, 4) is 0 Å². The molecule has 7 aliphatic rings. The number of esters is 1. The van der Waals surface area contributed by atoms with Gasteiger partial charge in [0.25, 0.3) is 0 Å². The Morgan fingerprint density at radius 2 is 1.51 bits per heavy atom. The third-order valence-electron chi connectivity index (χ3n) is 16.6. The molecule has 0 bridgehead atoms. The van der Waals surface area contributed by atoms with Gasteiger partial charge in [-0.25, -0.2) is 0 Å². The maximum atomic E-state index is 14.5. The van der Waals surface area contributed by atoms with Crippen molar-refractivity contribution in [2.24, 2.45) is 44.8 Å². The molecule has 2 aliphatic heterocycles. The van der Waals surface area contributed by atoms with Gasteiger partial charge in [-0.05, 0) is 105 Å². The van der Waals surface area contributed by atoms with Crippen LogP contribution in [-0.2, 0) is 23.7 Å². The van der Waals surface area contributed by atoms with Crippen LogP contribution in [0.2, 0.25) is 0 Å². The largest absolute Gasteiger partial charge is 0.432 e. The van der Waals surface area contributed by atoms with E-state index in [1.54, 1.807) is 0 Å². The summed E-state index contributed by atoms with van der Waals surface area (Å²) in [5.74, 6) is -0.555. The lowest BCUT2D eigenvalue weighted by Gasteiger charge is -2.71. The van der Waals surface area contributed by atoms with E-state index < -0.39 is 84.8 Å². The highest BCUT2D eigenvalue weighted by molar-refractivity contribution is 5.79. The first kappa shape index (κ1) is 40.0. The van der Waals surface area contributed by atoms with Crippen LogP contribution in [0, 0.1) is 44.8 Å². The molecular weight excluding hydrogens is 688 g/mol. The van der Waals surface area contributed by atoms with Gasteiger partial charge in [0.05, 0.1) is 30.3 Å². The Labute approximate surface area is 312 Å². The molecule has 6 fully saturated rings. The summed E-state index contributed by atoms with van der Waals surface area (Å²) >= 11 is 0. The highest BCUT2D eigenvalue weighted by Crippen LogP contribution is 2.76. The normalized spacial score (nSPS) is 55.1. The topological polar surface area (TPSA) is 216 Å². The molecule has 7 rings (SSSR count). The molecule has 0 amide bonds. The number of carbonyl (C=O) groups is 1. The van der Waals surface area contributed by atoms with Gasteiger partial charge in [0.1, 0.15) is 42.7 Å². The van der Waals surface area contributed by atoms with Crippen molar-refractivity contribution in [2.75, 3.05) is 13.2 Å². The first-order valence-corrected chi connectivity index (χ1v) is 20.0. The number of aliphatic hydroxyl groups is 8. The van der Waals surface area contributed by atoms with Crippen LogP contribution in [0.4, 0.5) is 0 Å². The number of aliphatic hydroxyl groups excluding tert-OH is 7. The van der Waals surface area contributed by atoms with Crippen LogP contribution >= 0.6 is 0 Å². The van der Waals surface area contributed by atoms with E-state index in [2.05, 4.69) is 40.7 Å². The number of carbonyl (C=O) groups excluding carboxylic acids is 1. The van der Waals surface area contributed by atoms with Crippen LogP contribution in [0.25, 0.3) is 0 Å². The Hall–Kier alpha value is -1.23. The first-order chi connectivity index (χ1) is 24.7. The summed E-state index contributed by atoms with van der Waals surface area (Å²) in [6.07, 6.45) is -3.43. The molecule has 2 saturated heterocycles. The molecule has 0 aromatic rings. The Kier molecular flexibility index (Phi) is 10.1. The van der Waals surface area contributed by atoms with Crippen LogP contribution in [0.15, 0.2) is 11.6 Å². The van der Waals surface area contributed by atoms with Crippen molar-refractivity contribution in [2.45, 2.75) is 173 Å². The highest BCUT2D eigenvalue weighted by Gasteiger charge is 2.71. The quantitative estimate of drug-likeness (QED) is 0.114.